The van der Waals surface area contributed by atoms with Crippen molar-refractivity contribution in [3.05, 3.63) is 59.4 Å². The molecule has 2 aromatic carbocycles. The maximum Gasteiger partial charge on any atom is 0.230 e. The molecule has 6 heteroatoms. The second-order valence-electron chi connectivity index (χ2n) is 5.50. The molecule has 0 atom stereocenters. The van der Waals surface area contributed by atoms with Gasteiger partial charge in [0, 0.05) is 27.7 Å². The summed E-state index contributed by atoms with van der Waals surface area (Å²) in [7, 11) is 0. The highest BCUT2D eigenvalue weighted by molar-refractivity contribution is 8.00. The van der Waals surface area contributed by atoms with E-state index >= 15 is 0 Å². The third-order valence-corrected chi connectivity index (χ3v) is 5.47. The Balaban J connectivity index is 1.70. The number of hydrogen-bond acceptors (Lipinski definition) is 4. The molecule has 132 valence electrons. The van der Waals surface area contributed by atoms with Gasteiger partial charge in [-0.25, -0.2) is 4.39 Å². The van der Waals surface area contributed by atoms with E-state index in [9.17, 15) is 14.0 Å². The van der Waals surface area contributed by atoms with Crippen molar-refractivity contribution >= 4 is 35.2 Å². The molecule has 1 N–H and O–H groups in total. The molecule has 1 amide bonds. The summed E-state index contributed by atoms with van der Waals surface area (Å²) in [5.41, 5.74) is 1.55. The van der Waals surface area contributed by atoms with E-state index in [1.165, 1.54) is 29.5 Å². The molecule has 0 radical (unpaired) electrons. The van der Waals surface area contributed by atoms with Crippen LogP contribution in [-0.2, 0) is 4.79 Å². The van der Waals surface area contributed by atoms with Crippen LogP contribution < -0.4 is 5.32 Å². The fraction of sp³-hybridized carbons (Fsp3) is 0.263. The molecule has 0 spiro atoms. The van der Waals surface area contributed by atoms with Crippen LogP contribution in [0.2, 0.25) is 0 Å². The number of halogens is 1. The molecule has 2 aromatic rings. The van der Waals surface area contributed by atoms with Gasteiger partial charge in [0.05, 0.1) is 5.75 Å². The number of amides is 1. The fourth-order valence-corrected chi connectivity index (χ4v) is 3.54. The van der Waals surface area contributed by atoms with Gasteiger partial charge in [0.15, 0.2) is 5.78 Å². The summed E-state index contributed by atoms with van der Waals surface area (Å²) in [6.07, 6.45) is 0. The van der Waals surface area contributed by atoms with Crippen LogP contribution in [0.4, 0.5) is 4.39 Å². The van der Waals surface area contributed by atoms with E-state index in [1.807, 2.05) is 6.92 Å². The second kappa shape index (κ2) is 9.63. The average Bonchev–Trinajstić information content (AvgIpc) is 2.59. The van der Waals surface area contributed by atoms with Gasteiger partial charge in [-0.1, -0.05) is 23.8 Å². The molecule has 0 bridgehead atoms. The summed E-state index contributed by atoms with van der Waals surface area (Å²) >= 11 is 2.81. The number of nitrogens with one attached hydrogen (secondary N) is 1. The number of rotatable bonds is 8. The first-order valence-electron chi connectivity index (χ1n) is 7.85. The van der Waals surface area contributed by atoms with Crippen molar-refractivity contribution in [2.75, 3.05) is 18.1 Å². The molecule has 0 heterocycles. The van der Waals surface area contributed by atoms with Crippen LogP contribution in [-0.4, -0.2) is 29.7 Å². The summed E-state index contributed by atoms with van der Waals surface area (Å²) in [4.78, 5) is 24.6. The van der Waals surface area contributed by atoms with E-state index in [2.05, 4.69) is 29.6 Å². The van der Waals surface area contributed by atoms with Gasteiger partial charge in [0.1, 0.15) is 5.82 Å². The number of ketones is 1. The zero-order valence-electron chi connectivity index (χ0n) is 14.2. The molecule has 0 saturated carbocycles. The van der Waals surface area contributed by atoms with Crippen LogP contribution >= 0.6 is 23.5 Å². The molecule has 0 fully saturated rings. The van der Waals surface area contributed by atoms with Gasteiger partial charge < -0.3 is 5.32 Å². The number of carbonyl (C=O) groups excluding carboxylic acids is 2. The summed E-state index contributed by atoms with van der Waals surface area (Å²) in [5.74, 6) is 0.136. The molecule has 2 rings (SSSR count). The van der Waals surface area contributed by atoms with Gasteiger partial charge in [-0.3, -0.25) is 9.59 Å². The zero-order chi connectivity index (χ0) is 18.2. The number of carbonyl (C=O) groups is 2. The summed E-state index contributed by atoms with van der Waals surface area (Å²) in [6.45, 7) is 4.00. The van der Waals surface area contributed by atoms with E-state index < -0.39 is 5.82 Å². The third kappa shape index (κ3) is 6.55. The zero-order valence-corrected chi connectivity index (χ0v) is 15.8. The normalized spacial score (nSPS) is 10.5. The standard InChI is InChI=1S/C19H20FNO2S2/c1-13-3-6-16(7-4-13)24-10-9-21-19(23)12-25-18-8-5-15(14(2)22)11-17(18)20/h3-8,11H,9-10,12H2,1-2H3,(H,21,23). The van der Waals surface area contributed by atoms with Gasteiger partial charge in [0.2, 0.25) is 5.91 Å². The first-order chi connectivity index (χ1) is 12.0. The molecule has 0 aliphatic carbocycles. The largest absolute Gasteiger partial charge is 0.355 e. The minimum Gasteiger partial charge on any atom is -0.355 e. The van der Waals surface area contributed by atoms with Crippen molar-refractivity contribution < 1.29 is 14.0 Å². The van der Waals surface area contributed by atoms with Crippen molar-refractivity contribution in [2.24, 2.45) is 0 Å². The Hall–Kier alpha value is -1.79. The van der Waals surface area contributed by atoms with Gasteiger partial charge in [-0.15, -0.1) is 23.5 Å². The van der Waals surface area contributed by atoms with Crippen molar-refractivity contribution in [1.82, 2.24) is 5.32 Å². The Labute approximate surface area is 155 Å². The van der Waals surface area contributed by atoms with Crippen molar-refractivity contribution in [3.8, 4) is 0 Å². The summed E-state index contributed by atoms with van der Waals surface area (Å²) in [5, 5.41) is 2.83. The highest BCUT2D eigenvalue weighted by atomic mass is 32.2. The lowest BCUT2D eigenvalue weighted by Gasteiger charge is -2.07. The Bertz CT molecular complexity index is 748. The number of hydrogen-bond donors (Lipinski definition) is 1. The lowest BCUT2D eigenvalue weighted by molar-refractivity contribution is -0.118. The van der Waals surface area contributed by atoms with Gasteiger partial charge in [-0.05, 0) is 38.1 Å². The highest BCUT2D eigenvalue weighted by Gasteiger charge is 2.09. The Morgan fingerprint density at radius 3 is 2.44 bits per heavy atom. The van der Waals surface area contributed by atoms with E-state index in [1.54, 1.807) is 17.8 Å². The minimum absolute atomic E-state index is 0.135. The number of aryl methyl sites for hydroxylation is 1. The minimum atomic E-state index is -0.472. The molecule has 25 heavy (non-hydrogen) atoms. The molecule has 0 aromatic heterocycles. The molecular formula is C19H20FNO2S2. The van der Waals surface area contributed by atoms with E-state index in [4.69, 9.17) is 0 Å². The maximum absolute atomic E-state index is 13.9. The SMILES string of the molecule is CC(=O)c1ccc(SCC(=O)NCCSc2ccc(C)cc2)c(F)c1. The van der Waals surface area contributed by atoms with Gasteiger partial charge in [0.25, 0.3) is 0 Å². The predicted octanol–water partition coefficient (Wildman–Crippen LogP) is 4.34. The maximum atomic E-state index is 13.9. The van der Waals surface area contributed by atoms with Crippen LogP contribution in [0.5, 0.6) is 0 Å². The third-order valence-electron chi connectivity index (χ3n) is 3.41. The predicted molar refractivity (Wildman–Crippen MR) is 102 cm³/mol. The average molecular weight is 378 g/mol. The van der Waals surface area contributed by atoms with Crippen LogP contribution in [0.3, 0.4) is 0 Å². The molecule has 0 aliphatic rings. The molecule has 0 aliphatic heterocycles. The summed E-state index contributed by atoms with van der Waals surface area (Å²) in [6, 6.07) is 12.6. The fourth-order valence-electron chi connectivity index (χ4n) is 2.03. The highest BCUT2D eigenvalue weighted by Crippen LogP contribution is 2.23. The number of Topliss-reactive ketones (excluding diaryl/α,β-unsaturated/α-hetero) is 1. The molecule has 3 nitrogen and oxygen atoms in total. The van der Waals surface area contributed by atoms with Crippen LogP contribution in [0.15, 0.2) is 52.3 Å². The Kier molecular flexibility index (Phi) is 7.52. The van der Waals surface area contributed by atoms with E-state index in [-0.39, 0.29) is 17.4 Å². The van der Waals surface area contributed by atoms with E-state index in [0.717, 1.165) is 17.5 Å². The first-order valence-corrected chi connectivity index (χ1v) is 9.82. The van der Waals surface area contributed by atoms with Crippen LogP contribution in [0.25, 0.3) is 0 Å². The molecule has 0 unspecified atom stereocenters. The second-order valence-corrected chi connectivity index (χ2v) is 7.69. The van der Waals surface area contributed by atoms with Gasteiger partial charge in [-0.2, -0.15) is 0 Å². The monoisotopic (exact) mass is 377 g/mol. The van der Waals surface area contributed by atoms with Crippen molar-refractivity contribution in [2.45, 2.75) is 23.6 Å². The molecular weight excluding hydrogens is 357 g/mol. The Morgan fingerprint density at radius 2 is 1.80 bits per heavy atom. The topological polar surface area (TPSA) is 46.2 Å². The first kappa shape index (κ1) is 19.5. The van der Waals surface area contributed by atoms with E-state index in [0.29, 0.717) is 17.0 Å². The van der Waals surface area contributed by atoms with Crippen molar-refractivity contribution in [3.63, 3.8) is 0 Å². The lowest BCUT2D eigenvalue weighted by Crippen LogP contribution is -2.27. The molecule has 0 saturated heterocycles. The number of benzene rings is 2. The quantitative estimate of drug-likeness (QED) is 0.422. The van der Waals surface area contributed by atoms with Crippen LogP contribution in [0, 0.1) is 12.7 Å². The number of thioether (sulfide) groups is 2. The summed E-state index contributed by atoms with van der Waals surface area (Å²) < 4.78 is 13.9. The Morgan fingerprint density at radius 1 is 1.08 bits per heavy atom. The van der Waals surface area contributed by atoms with Gasteiger partial charge >= 0.3 is 0 Å². The van der Waals surface area contributed by atoms with Crippen LogP contribution in [0.1, 0.15) is 22.8 Å². The smallest absolute Gasteiger partial charge is 0.230 e. The van der Waals surface area contributed by atoms with Crippen molar-refractivity contribution in [1.29, 1.82) is 0 Å². The lowest BCUT2D eigenvalue weighted by atomic mass is 10.1.